The van der Waals surface area contributed by atoms with Gasteiger partial charge in [0.25, 0.3) is 5.56 Å². The van der Waals surface area contributed by atoms with E-state index in [1.807, 2.05) is 0 Å². The van der Waals surface area contributed by atoms with E-state index in [9.17, 15) is 18.9 Å². The Balaban J connectivity index is 1.50. The second-order valence-electron chi connectivity index (χ2n) is 9.65. The molecule has 16 heteroatoms. The van der Waals surface area contributed by atoms with Crippen molar-refractivity contribution in [2.75, 3.05) is 6.61 Å². The Morgan fingerprint density at radius 2 is 2.02 bits per heavy atom. The van der Waals surface area contributed by atoms with Gasteiger partial charge in [-0.3, -0.25) is 23.7 Å². The molecule has 1 aliphatic heterocycles. The minimum atomic E-state index is -4.27. The Morgan fingerprint density at radius 1 is 1.30 bits per heavy atom. The molecule has 1 aromatic carbocycles. The van der Waals surface area contributed by atoms with Crippen LogP contribution in [0.1, 0.15) is 40.3 Å². The van der Waals surface area contributed by atoms with Crippen molar-refractivity contribution < 1.29 is 32.3 Å². The Kier molecular flexibility index (Phi) is 9.00. The average molecular weight is 598 g/mol. The number of esters is 1. The van der Waals surface area contributed by atoms with Gasteiger partial charge < -0.3 is 14.0 Å². The number of carbonyl (C=O) groups is 1. The third-order valence-electron chi connectivity index (χ3n) is 5.79. The van der Waals surface area contributed by atoms with E-state index in [1.54, 1.807) is 43.5 Å². The van der Waals surface area contributed by atoms with Crippen LogP contribution in [-0.4, -0.2) is 55.6 Å². The molecule has 216 valence electrons. The van der Waals surface area contributed by atoms with Gasteiger partial charge in [-0.25, -0.2) is 13.8 Å². The summed E-state index contributed by atoms with van der Waals surface area (Å²) in [5, 5.41) is 8.33. The number of nitrogens with one attached hydrogen (secondary N) is 2. The molecule has 40 heavy (non-hydrogen) atoms. The molecule has 13 nitrogen and oxygen atoms in total. The lowest BCUT2D eigenvalue weighted by Gasteiger charge is -2.24. The SMILES string of the molecule is CC(C)OC(=O)C(C)NP(=O)(OCC1CC(C)(F)C(n2ccc(=O)[nH]c2=O)O1)Oc1ccc(-c2csnn2)cc1. The molecule has 5 atom stereocenters. The molecular formula is C24H29FN5O8PS. The van der Waals surface area contributed by atoms with Crippen molar-refractivity contribution in [1.82, 2.24) is 24.2 Å². The molecule has 3 heterocycles. The molecule has 0 aliphatic carbocycles. The van der Waals surface area contributed by atoms with Gasteiger partial charge in [0.1, 0.15) is 17.5 Å². The van der Waals surface area contributed by atoms with Crippen LogP contribution in [0.4, 0.5) is 4.39 Å². The predicted octanol–water partition coefficient (Wildman–Crippen LogP) is 3.20. The van der Waals surface area contributed by atoms with Crippen molar-refractivity contribution in [3.63, 3.8) is 0 Å². The number of nitrogens with zero attached hydrogens (tertiary/aromatic N) is 3. The van der Waals surface area contributed by atoms with Crippen LogP contribution in [0.5, 0.6) is 5.75 Å². The molecule has 5 unspecified atom stereocenters. The van der Waals surface area contributed by atoms with E-state index in [1.165, 1.54) is 25.4 Å². The van der Waals surface area contributed by atoms with Gasteiger partial charge in [0.2, 0.25) is 0 Å². The van der Waals surface area contributed by atoms with Crippen LogP contribution in [0.25, 0.3) is 11.3 Å². The molecular weight excluding hydrogens is 568 g/mol. The summed E-state index contributed by atoms with van der Waals surface area (Å²) < 4.78 is 56.2. The normalized spacial score (nSPS) is 23.1. The first-order chi connectivity index (χ1) is 18.8. The number of H-pyrrole nitrogens is 1. The van der Waals surface area contributed by atoms with E-state index in [-0.39, 0.29) is 12.2 Å². The van der Waals surface area contributed by atoms with Gasteiger partial charge in [0, 0.05) is 29.6 Å². The molecule has 0 radical (unpaired) electrons. The summed E-state index contributed by atoms with van der Waals surface area (Å²) in [6.45, 7) is 5.61. The lowest BCUT2D eigenvalue weighted by atomic mass is 10.0. The van der Waals surface area contributed by atoms with Crippen molar-refractivity contribution in [2.45, 2.75) is 64.3 Å². The van der Waals surface area contributed by atoms with Gasteiger partial charge in [0.05, 0.1) is 18.8 Å². The zero-order valence-corrected chi connectivity index (χ0v) is 23.8. The van der Waals surface area contributed by atoms with Crippen LogP contribution in [0, 0.1) is 0 Å². The van der Waals surface area contributed by atoms with E-state index < -0.39 is 61.7 Å². The molecule has 3 aromatic rings. The van der Waals surface area contributed by atoms with Gasteiger partial charge in [-0.1, -0.05) is 4.49 Å². The van der Waals surface area contributed by atoms with Gasteiger partial charge in [-0.05, 0) is 63.5 Å². The van der Waals surface area contributed by atoms with Crippen molar-refractivity contribution in [2.24, 2.45) is 0 Å². The van der Waals surface area contributed by atoms with Crippen LogP contribution < -0.4 is 20.9 Å². The van der Waals surface area contributed by atoms with Crippen LogP contribution in [0.3, 0.4) is 0 Å². The zero-order chi connectivity index (χ0) is 29.1. The fraction of sp³-hybridized carbons (Fsp3) is 0.458. The maximum atomic E-state index is 15.4. The number of aromatic nitrogens is 4. The number of rotatable bonds is 11. The standard InChI is InChI=1S/C24H29FN5O8PS/c1-14(2)36-21(32)15(3)28-39(34,38-17-7-5-16(6-8-17)19-13-40-29-27-19)35-12-18-11-24(4,25)22(37-18)30-10-9-20(31)26-23(30)33/h5-10,13-15,18,22H,11-12H2,1-4H3,(H,28,34)(H,26,31,33). The second kappa shape index (κ2) is 12.1. The van der Waals surface area contributed by atoms with Gasteiger partial charge in [-0.2, -0.15) is 5.09 Å². The molecule has 0 saturated carbocycles. The van der Waals surface area contributed by atoms with Crippen LogP contribution >= 0.6 is 19.3 Å². The number of benzene rings is 1. The van der Waals surface area contributed by atoms with Gasteiger partial charge in [-0.15, -0.1) is 5.10 Å². The number of hydrogen-bond donors (Lipinski definition) is 2. The lowest BCUT2D eigenvalue weighted by Crippen LogP contribution is -2.38. The first-order valence-corrected chi connectivity index (χ1v) is 14.7. The second-order valence-corrected chi connectivity index (χ2v) is 11.9. The van der Waals surface area contributed by atoms with Crippen LogP contribution in [0.2, 0.25) is 0 Å². The van der Waals surface area contributed by atoms with Gasteiger partial charge >= 0.3 is 19.4 Å². The Labute approximate surface area is 232 Å². The zero-order valence-electron chi connectivity index (χ0n) is 22.1. The lowest BCUT2D eigenvalue weighted by molar-refractivity contribution is -0.149. The highest BCUT2D eigenvalue weighted by molar-refractivity contribution is 7.52. The summed E-state index contributed by atoms with van der Waals surface area (Å²) in [7, 11) is -4.27. The molecule has 0 amide bonds. The highest BCUT2D eigenvalue weighted by Gasteiger charge is 2.48. The molecule has 2 aromatic heterocycles. The predicted molar refractivity (Wildman–Crippen MR) is 143 cm³/mol. The maximum Gasteiger partial charge on any atom is 0.459 e. The third kappa shape index (κ3) is 7.29. The monoisotopic (exact) mass is 597 g/mol. The van der Waals surface area contributed by atoms with Gasteiger partial charge in [0.15, 0.2) is 11.9 Å². The van der Waals surface area contributed by atoms with E-state index in [4.69, 9.17) is 18.5 Å². The molecule has 4 rings (SSSR count). The van der Waals surface area contributed by atoms with Crippen LogP contribution in [0.15, 0.2) is 51.5 Å². The Bertz CT molecular complexity index is 1480. The van der Waals surface area contributed by atoms with E-state index in [0.717, 1.165) is 22.4 Å². The summed E-state index contributed by atoms with van der Waals surface area (Å²) in [6, 6.07) is 6.46. The molecule has 1 aliphatic rings. The average Bonchev–Trinajstić information content (AvgIpc) is 3.51. The molecule has 0 bridgehead atoms. The van der Waals surface area contributed by atoms with E-state index in [2.05, 4.69) is 19.7 Å². The summed E-state index contributed by atoms with van der Waals surface area (Å²) in [6.07, 6.45) is -1.81. The summed E-state index contributed by atoms with van der Waals surface area (Å²) in [5.41, 5.74) is -2.09. The first-order valence-electron chi connectivity index (χ1n) is 12.3. The quantitative estimate of drug-likeness (QED) is 0.246. The number of hydrogen-bond acceptors (Lipinski definition) is 11. The molecule has 2 N–H and O–H groups in total. The Hall–Kier alpha value is -3.23. The largest absolute Gasteiger partial charge is 0.462 e. The highest BCUT2D eigenvalue weighted by atomic mass is 32.1. The highest BCUT2D eigenvalue weighted by Crippen LogP contribution is 2.47. The fourth-order valence-electron chi connectivity index (χ4n) is 4.00. The number of carbonyl (C=O) groups excluding carboxylic acids is 1. The van der Waals surface area contributed by atoms with E-state index in [0.29, 0.717) is 5.69 Å². The molecule has 1 fully saturated rings. The number of alkyl halides is 1. The minimum absolute atomic E-state index is 0.160. The van der Waals surface area contributed by atoms with E-state index >= 15 is 4.39 Å². The van der Waals surface area contributed by atoms with Crippen molar-refractivity contribution in [3.05, 3.63) is 62.7 Å². The fourth-order valence-corrected chi connectivity index (χ4v) is 5.98. The van der Waals surface area contributed by atoms with Crippen molar-refractivity contribution in [1.29, 1.82) is 0 Å². The first kappa shape index (κ1) is 29.7. The summed E-state index contributed by atoms with van der Waals surface area (Å²) >= 11 is 1.20. The minimum Gasteiger partial charge on any atom is -0.462 e. The summed E-state index contributed by atoms with van der Waals surface area (Å²) in [5.74, 6) is -0.521. The summed E-state index contributed by atoms with van der Waals surface area (Å²) in [4.78, 5) is 38.1. The number of halogens is 1. The smallest absolute Gasteiger partial charge is 0.459 e. The maximum absolute atomic E-state index is 15.4. The van der Waals surface area contributed by atoms with Crippen molar-refractivity contribution >= 4 is 25.2 Å². The molecule has 0 spiro atoms. The molecule has 1 saturated heterocycles. The third-order valence-corrected chi connectivity index (χ3v) is 7.94. The number of aromatic amines is 1. The Morgan fingerprint density at radius 3 is 2.65 bits per heavy atom. The topological polar surface area (TPSA) is 164 Å². The van der Waals surface area contributed by atoms with Crippen molar-refractivity contribution in [3.8, 4) is 17.0 Å². The number of ether oxygens (including phenoxy) is 2. The van der Waals surface area contributed by atoms with Crippen LogP contribution in [-0.2, 0) is 23.4 Å².